The largest absolute Gasteiger partial charge is 0.456 e. The van der Waals surface area contributed by atoms with Gasteiger partial charge in [-0.3, -0.25) is 14.6 Å². The molecule has 1 aromatic carbocycles. The van der Waals surface area contributed by atoms with E-state index in [0.717, 1.165) is 31.6 Å². The summed E-state index contributed by atoms with van der Waals surface area (Å²) in [5.74, 6) is 1.13. The van der Waals surface area contributed by atoms with Crippen LogP contribution in [0.1, 0.15) is 37.7 Å². The van der Waals surface area contributed by atoms with E-state index in [1.807, 2.05) is 36.1 Å². The maximum atomic E-state index is 13.0. The third kappa shape index (κ3) is 4.81. The van der Waals surface area contributed by atoms with E-state index in [1.54, 1.807) is 19.4 Å². The van der Waals surface area contributed by atoms with Gasteiger partial charge < -0.3 is 24.8 Å². The lowest BCUT2D eigenvalue weighted by atomic mass is 10.1. The third-order valence-electron chi connectivity index (χ3n) is 6.26. The molecule has 0 radical (unpaired) electrons. The number of benzene rings is 1. The number of rotatable bonds is 8. The Hall–Kier alpha value is -3.05. The van der Waals surface area contributed by atoms with Crippen molar-refractivity contribution < 1.29 is 24.2 Å². The number of methoxy groups -OCH3 is 1. The number of carbonyl (C=O) groups excluding carboxylic acids is 2. The molecule has 188 valence electrons. The normalized spacial score (nSPS) is 15.6. The summed E-state index contributed by atoms with van der Waals surface area (Å²) in [4.78, 5) is 33.5. The van der Waals surface area contributed by atoms with Crippen molar-refractivity contribution in [2.45, 2.75) is 25.9 Å². The van der Waals surface area contributed by atoms with Crippen LogP contribution in [0, 0.1) is 6.92 Å². The summed E-state index contributed by atoms with van der Waals surface area (Å²) in [6.07, 6.45) is 3.13. The SMILES string of the molecule is CO[C@@H]1CCN(C(=O)c2cc3nccc(Oc4ccc5c(C(=O)NCCCO)c(C)sc5c4)c3s2)C1. The Balaban J connectivity index is 1.38. The summed E-state index contributed by atoms with van der Waals surface area (Å²) in [6.45, 7) is 3.69. The molecule has 4 heterocycles. The van der Waals surface area contributed by atoms with Crippen molar-refractivity contribution in [3.63, 3.8) is 0 Å². The lowest BCUT2D eigenvalue weighted by Gasteiger charge is -2.14. The smallest absolute Gasteiger partial charge is 0.264 e. The molecule has 0 unspecified atom stereocenters. The Morgan fingerprint density at radius 2 is 2.11 bits per heavy atom. The number of thiophene rings is 2. The van der Waals surface area contributed by atoms with Gasteiger partial charge in [-0.25, -0.2) is 0 Å². The number of aromatic nitrogens is 1. The molecule has 2 N–H and O–H groups in total. The van der Waals surface area contributed by atoms with Gasteiger partial charge in [-0.15, -0.1) is 22.7 Å². The molecule has 1 atom stereocenters. The molecule has 3 aromatic heterocycles. The molecule has 36 heavy (non-hydrogen) atoms. The molecule has 0 bridgehead atoms. The van der Waals surface area contributed by atoms with Crippen LogP contribution >= 0.6 is 22.7 Å². The number of pyridine rings is 1. The molecule has 4 aromatic rings. The zero-order valence-corrected chi connectivity index (χ0v) is 21.7. The number of ether oxygens (including phenoxy) is 2. The van der Waals surface area contributed by atoms with Gasteiger partial charge in [0, 0.05) is 60.6 Å². The monoisotopic (exact) mass is 525 g/mol. The minimum Gasteiger partial charge on any atom is -0.456 e. The number of carbonyl (C=O) groups is 2. The van der Waals surface area contributed by atoms with Crippen molar-refractivity contribution in [1.82, 2.24) is 15.2 Å². The maximum Gasteiger partial charge on any atom is 0.264 e. The fourth-order valence-corrected chi connectivity index (χ4v) is 6.53. The van der Waals surface area contributed by atoms with Crippen molar-refractivity contribution in [1.29, 1.82) is 0 Å². The molecule has 0 saturated carbocycles. The summed E-state index contributed by atoms with van der Waals surface area (Å²) >= 11 is 2.92. The number of hydrogen-bond donors (Lipinski definition) is 2. The average molecular weight is 526 g/mol. The second-order valence-electron chi connectivity index (χ2n) is 8.66. The Kier molecular flexibility index (Phi) is 7.20. The van der Waals surface area contributed by atoms with Gasteiger partial charge >= 0.3 is 0 Å². The van der Waals surface area contributed by atoms with Crippen LogP contribution in [0.5, 0.6) is 11.5 Å². The first kappa shape index (κ1) is 24.6. The number of hydrogen-bond acceptors (Lipinski definition) is 8. The summed E-state index contributed by atoms with van der Waals surface area (Å²) in [7, 11) is 1.68. The standard InChI is InChI=1S/C26H27N3O5S2/c1-15-23(25(31)28-8-3-11-30)18-5-4-16(12-21(18)35-15)34-20-6-9-27-19-13-22(36-24(19)20)26(32)29-10-7-17(14-29)33-2/h4-6,9,12-13,17,30H,3,7-8,10-11,14H2,1-2H3,(H,28,31)/t17-/m1/s1. The van der Waals surface area contributed by atoms with Gasteiger partial charge in [0.1, 0.15) is 11.5 Å². The van der Waals surface area contributed by atoms with E-state index in [-0.39, 0.29) is 24.5 Å². The third-order valence-corrected chi connectivity index (χ3v) is 8.46. The molecule has 1 aliphatic rings. The van der Waals surface area contributed by atoms with Crippen LogP contribution in [0.4, 0.5) is 0 Å². The van der Waals surface area contributed by atoms with Crippen LogP contribution in [0.25, 0.3) is 20.3 Å². The van der Waals surface area contributed by atoms with Crippen molar-refractivity contribution in [3.8, 4) is 11.5 Å². The van der Waals surface area contributed by atoms with Crippen LogP contribution < -0.4 is 10.1 Å². The van der Waals surface area contributed by atoms with E-state index in [2.05, 4.69) is 10.3 Å². The zero-order valence-electron chi connectivity index (χ0n) is 20.1. The minimum atomic E-state index is -0.137. The molecule has 0 aliphatic carbocycles. The Bertz CT molecular complexity index is 1430. The second-order valence-corrected chi connectivity index (χ2v) is 11.0. The van der Waals surface area contributed by atoms with E-state index in [9.17, 15) is 9.59 Å². The fraction of sp³-hybridized carbons (Fsp3) is 0.346. The molecule has 2 amide bonds. The van der Waals surface area contributed by atoms with Gasteiger partial charge in [-0.05, 0) is 44.0 Å². The predicted octanol–water partition coefficient (Wildman–Crippen LogP) is 4.58. The first-order valence-electron chi connectivity index (χ1n) is 11.8. The summed E-state index contributed by atoms with van der Waals surface area (Å²) < 4.78 is 13.4. The number of aliphatic hydroxyl groups is 1. The van der Waals surface area contributed by atoms with Crippen LogP contribution in [-0.4, -0.2) is 66.3 Å². The van der Waals surface area contributed by atoms with Gasteiger partial charge in [0.05, 0.1) is 26.8 Å². The first-order chi connectivity index (χ1) is 17.5. The van der Waals surface area contributed by atoms with Crippen molar-refractivity contribution >= 4 is 54.8 Å². The molecular formula is C26H27N3O5S2. The average Bonchev–Trinajstić information content (AvgIpc) is 3.60. The number of likely N-dealkylation sites (tertiary alicyclic amines) is 1. The van der Waals surface area contributed by atoms with E-state index < -0.39 is 0 Å². The second kappa shape index (κ2) is 10.5. The van der Waals surface area contributed by atoms with E-state index in [4.69, 9.17) is 14.6 Å². The zero-order chi connectivity index (χ0) is 25.2. The Labute approximate surface area is 216 Å². The lowest BCUT2D eigenvalue weighted by Crippen LogP contribution is -2.29. The van der Waals surface area contributed by atoms with Gasteiger partial charge in [-0.1, -0.05) is 0 Å². The molecule has 1 fully saturated rings. The van der Waals surface area contributed by atoms with Crippen LogP contribution in [0.3, 0.4) is 0 Å². The topological polar surface area (TPSA) is 101 Å². The number of amides is 2. The highest BCUT2D eigenvalue weighted by atomic mass is 32.1. The summed E-state index contributed by atoms with van der Waals surface area (Å²) in [6, 6.07) is 9.30. The minimum absolute atomic E-state index is 0.0104. The van der Waals surface area contributed by atoms with Gasteiger partial charge in [0.2, 0.25) is 0 Å². The quantitative estimate of drug-likeness (QED) is 0.327. The van der Waals surface area contributed by atoms with Crippen LogP contribution in [0.2, 0.25) is 0 Å². The number of nitrogens with one attached hydrogen (secondary N) is 1. The highest BCUT2D eigenvalue weighted by Crippen LogP contribution is 2.38. The molecule has 5 rings (SSSR count). The molecule has 10 heteroatoms. The molecule has 0 spiro atoms. The molecule has 8 nitrogen and oxygen atoms in total. The first-order valence-corrected chi connectivity index (χ1v) is 13.4. The van der Waals surface area contributed by atoms with E-state index in [0.29, 0.717) is 48.0 Å². The number of aliphatic hydroxyl groups excluding tert-OH is 1. The number of fused-ring (bicyclic) bond motifs is 2. The maximum absolute atomic E-state index is 13.0. The fourth-order valence-electron chi connectivity index (χ4n) is 4.40. The van der Waals surface area contributed by atoms with Gasteiger partial charge in [-0.2, -0.15) is 0 Å². The van der Waals surface area contributed by atoms with Crippen LogP contribution in [-0.2, 0) is 4.74 Å². The van der Waals surface area contributed by atoms with Crippen molar-refractivity contribution in [2.24, 2.45) is 0 Å². The Morgan fingerprint density at radius 3 is 2.89 bits per heavy atom. The highest BCUT2D eigenvalue weighted by Gasteiger charge is 2.28. The highest BCUT2D eigenvalue weighted by molar-refractivity contribution is 7.21. The summed E-state index contributed by atoms with van der Waals surface area (Å²) in [5.41, 5.74) is 1.38. The van der Waals surface area contributed by atoms with Gasteiger partial charge in [0.25, 0.3) is 11.8 Å². The van der Waals surface area contributed by atoms with Gasteiger partial charge in [0.15, 0.2) is 0 Å². The molecule has 1 aliphatic heterocycles. The number of nitrogens with zero attached hydrogens (tertiary/aromatic N) is 2. The van der Waals surface area contributed by atoms with Crippen LogP contribution in [0.15, 0.2) is 36.5 Å². The lowest BCUT2D eigenvalue weighted by molar-refractivity contribution is 0.0728. The molecular weight excluding hydrogens is 498 g/mol. The predicted molar refractivity (Wildman–Crippen MR) is 142 cm³/mol. The summed E-state index contributed by atoms with van der Waals surface area (Å²) in [5, 5.41) is 12.7. The molecule has 1 saturated heterocycles. The van der Waals surface area contributed by atoms with Crippen molar-refractivity contribution in [3.05, 3.63) is 51.8 Å². The van der Waals surface area contributed by atoms with Crippen molar-refractivity contribution in [2.75, 3.05) is 33.4 Å². The Morgan fingerprint density at radius 1 is 1.25 bits per heavy atom. The number of aryl methyl sites for hydroxylation is 1. The van der Waals surface area contributed by atoms with E-state index in [1.165, 1.54) is 22.7 Å². The van der Waals surface area contributed by atoms with E-state index >= 15 is 0 Å².